The number of methoxy groups -OCH3 is 3. The molecule has 3 N–H and O–H groups in total. The standard InChI is InChI=1S/C26H26O7/c1-30-19-11-20-24(17-6-4-13-8-15(28)5-7-16(13)23(17)19)18(12-27)26(33-20)14-9-21(31-2)25(29)22(10-14)32-3/h5,7-11,18,26-29H,4,6,12H2,1-3H3/t18-,26+/m1/s1. The molecular formula is C26H26O7. The molecule has 3 aromatic rings. The predicted octanol–water partition coefficient (Wildman–Crippen LogP) is 4.10. The van der Waals surface area contributed by atoms with Crippen LogP contribution < -0.4 is 18.9 Å². The predicted molar refractivity (Wildman–Crippen MR) is 122 cm³/mol. The molecule has 2 atom stereocenters. The quantitative estimate of drug-likeness (QED) is 0.538. The van der Waals surface area contributed by atoms with Gasteiger partial charge in [-0.3, -0.25) is 0 Å². The number of aliphatic hydroxyl groups excluding tert-OH is 1. The van der Waals surface area contributed by atoms with Crippen LogP contribution in [0.3, 0.4) is 0 Å². The average molecular weight is 450 g/mol. The molecule has 0 aromatic heterocycles. The first-order chi connectivity index (χ1) is 16.0. The third kappa shape index (κ3) is 3.23. The van der Waals surface area contributed by atoms with E-state index < -0.39 is 6.10 Å². The van der Waals surface area contributed by atoms with Gasteiger partial charge >= 0.3 is 0 Å². The van der Waals surface area contributed by atoms with Crippen LogP contribution in [0, 0.1) is 0 Å². The van der Waals surface area contributed by atoms with Crippen LogP contribution in [-0.2, 0) is 12.8 Å². The summed E-state index contributed by atoms with van der Waals surface area (Å²) in [4.78, 5) is 0. The smallest absolute Gasteiger partial charge is 0.200 e. The molecule has 0 saturated carbocycles. The number of benzene rings is 3. The summed E-state index contributed by atoms with van der Waals surface area (Å²) >= 11 is 0. The van der Waals surface area contributed by atoms with Gasteiger partial charge in [-0.25, -0.2) is 0 Å². The van der Waals surface area contributed by atoms with E-state index in [1.807, 2.05) is 12.1 Å². The number of rotatable bonds is 5. The average Bonchev–Trinajstić information content (AvgIpc) is 3.21. The SMILES string of the molecule is COc1cc([C@@H]2Oc3cc(OC)c4c(c3[C@H]2CO)CCc2cc(O)ccc2-4)cc(OC)c1O. The summed E-state index contributed by atoms with van der Waals surface area (Å²) < 4.78 is 22.8. The maximum Gasteiger partial charge on any atom is 0.200 e. The van der Waals surface area contributed by atoms with E-state index in [9.17, 15) is 15.3 Å². The first-order valence-corrected chi connectivity index (χ1v) is 10.8. The van der Waals surface area contributed by atoms with E-state index in [4.69, 9.17) is 18.9 Å². The first kappa shape index (κ1) is 21.3. The van der Waals surface area contributed by atoms with Crippen molar-refractivity contribution in [3.05, 3.63) is 58.7 Å². The summed E-state index contributed by atoms with van der Waals surface area (Å²) in [6.07, 6.45) is 1.01. The molecule has 1 aliphatic carbocycles. The van der Waals surface area contributed by atoms with Crippen molar-refractivity contribution in [2.75, 3.05) is 27.9 Å². The Balaban J connectivity index is 1.67. The Bertz CT molecular complexity index is 1210. The lowest BCUT2D eigenvalue weighted by atomic mass is 9.78. The van der Waals surface area contributed by atoms with Crippen LogP contribution >= 0.6 is 0 Å². The maximum atomic E-state index is 10.5. The summed E-state index contributed by atoms with van der Waals surface area (Å²) in [5, 5.41) is 30.7. The van der Waals surface area contributed by atoms with Crippen LogP contribution in [0.25, 0.3) is 11.1 Å². The monoisotopic (exact) mass is 450 g/mol. The van der Waals surface area contributed by atoms with Gasteiger partial charge in [0, 0.05) is 22.8 Å². The Labute approximate surface area is 191 Å². The van der Waals surface area contributed by atoms with Gasteiger partial charge in [0.15, 0.2) is 11.5 Å². The number of hydrogen-bond donors (Lipinski definition) is 3. The van der Waals surface area contributed by atoms with Gasteiger partial charge < -0.3 is 34.3 Å². The van der Waals surface area contributed by atoms with E-state index in [2.05, 4.69) is 0 Å². The lowest BCUT2D eigenvalue weighted by Gasteiger charge is -2.26. The molecule has 0 radical (unpaired) electrons. The third-order valence-corrected chi connectivity index (χ3v) is 6.64. The molecule has 33 heavy (non-hydrogen) atoms. The fourth-order valence-corrected chi connectivity index (χ4v) is 5.15. The Hall–Kier alpha value is -3.58. The van der Waals surface area contributed by atoms with Gasteiger partial charge in [-0.05, 0) is 53.8 Å². The molecule has 7 nitrogen and oxygen atoms in total. The summed E-state index contributed by atoms with van der Waals surface area (Å²) in [7, 11) is 4.58. The minimum Gasteiger partial charge on any atom is -0.508 e. The molecular weight excluding hydrogens is 424 g/mol. The van der Waals surface area contributed by atoms with Crippen molar-refractivity contribution in [2.45, 2.75) is 24.9 Å². The minimum atomic E-state index is -0.495. The van der Waals surface area contributed by atoms with Crippen LogP contribution in [0.2, 0.25) is 0 Å². The van der Waals surface area contributed by atoms with Gasteiger partial charge in [-0.1, -0.05) is 6.07 Å². The van der Waals surface area contributed by atoms with Gasteiger partial charge in [0.05, 0.1) is 33.9 Å². The largest absolute Gasteiger partial charge is 0.508 e. The number of phenols is 2. The van der Waals surface area contributed by atoms with Crippen molar-refractivity contribution < 1.29 is 34.3 Å². The van der Waals surface area contributed by atoms with Crippen molar-refractivity contribution in [1.82, 2.24) is 0 Å². The van der Waals surface area contributed by atoms with Gasteiger partial charge in [0.25, 0.3) is 0 Å². The second-order valence-electron chi connectivity index (χ2n) is 8.29. The van der Waals surface area contributed by atoms with Gasteiger partial charge in [0.2, 0.25) is 5.75 Å². The molecule has 0 unspecified atom stereocenters. The molecule has 0 fully saturated rings. The zero-order chi connectivity index (χ0) is 23.3. The van der Waals surface area contributed by atoms with Crippen molar-refractivity contribution in [3.8, 4) is 45.6 Å². The van der Waals surface area contributed by atoms with Crippen LogP contribution in [0.15, 0.2) is 36.4 Å². The van der Waals surface area contributed by atoms with E-state index in [1.54, 1.807) is 31.4 Å². The molecule has 0 amide bonds. The minimum absolute atomic E-state index is 0.0845. The zero-order valence-corrected chi connectivity index (χ0v) is 18.7. The fraction of sp³-hybridized carbons (Fsp3) is 0.308. The second-order valence-corrected chi connectivity index (χ2v) is 8.29. The highest BCUT2D eigenvalue weighted by Crippen LogP contribution is 2.55. The lowest BCUT2D eigenvalue weighted by Crippen LogP contribution is -2.16. The summed E-state index contributed by atoms with van der Waals surface area (Å²) in [6.45, 7) is -0.121. The van der Waals surface area contributed by atoms with Gasteiger partial charge in [-0.15, -0.1) is 0 Å². The van der Waals surface area contributed by atoms with E-state index in [-0.39, 0.29) is 35.5 Å². The van der Waals surface area contributed by atoms with Gasteiger partial charge in [-0.2, -0.15) is 0 Å². The molecule has 5 rings (SSSR count). The summed E-state index contributed by atoms with van der Waals surface area (Å²) in [6, 6.07) is 10.7. The molecule has 0 spiro atoms. The van der Waals surface area contributed by atoms with E-state index in [1.165, 1.54) is 14.2 Å². The number of aromatic hydroxyl groups is 2. The molecule has 3 aromatic carbocycles. The van der Waals surface area contributed by atoms with Gasteiger partial charge in [0.1, 0.15) is 23.4 Å². The number of aliphatic hydroxyl groups is 1. The lowest BCUT2D eigenvalue weighted by molar-refractivity contribution is 0.159. The maximum absolute atomic E-state index is 10.5. The molecule has 0 saturated heterocycles. The number of hydrogen-bond acceptors (Lipinski definition) is 7. The zero-order valence-electron chi connectivity index (χ0n) is 18.7. The highest BCUT2D eigenvalue weighted by Gasteiger charge is 2.40. The Morgan fingerprint density at radius 1 is 0.909 bits per heavy atom. The molecule has 2 aliphatic rings. The number of fused-ring (bicyclic) bond motifs is 5. The molecule has 1 heterocycles. The van der Waals surface area contributed by atoms with Crippen molar-refractivity contribution >= 4 is 0 Å². The van der Waals surface area contributed by atoms with E-state index in [0.29, 0.717) is 11.5 Å². The topological polar surface area (TPSA) is 97.6 Å². The van der Waals surface area contributed by atoms with Crippen molar-refractivity contribution in [2.24, 2.45) is 0 Å². The molecule has 172 valence electrons. The molecule has 7 heteroatoms. The highest BCUT2D eigenvalue weighted by molar-refractivity contribution is 5.82. The number of phenolic OH excluding ortho intramolecular Hbond substituents is 2. The van der Waals surface area contributed by atoms with E-state index in [0.717, 1.165) is 46.2 Å². The van der Waals surface area contributed by atoms with E-state index >= 15 is 0 Å². The second kappa shape index (κ2) is 8.08. The Kier molecular flexibility index (Phi) is 5.21. The summed E-state index contributed by atoms with van der Waals surface area (Å²) in [5.74, 6) is 1.74. The fourth-order valence-electron chi connectivity index (χ4n) is 5.15. The third-order valence-electron chi connectivity index (χ3n) is 6.64. The van der Waals surface area contributed by atoms with Crippen molar-refractivity contribution in [3.63, 3.8) is 0 Å². The Morgan fingerprint density at radius 3 is 2.24 bits per heavy atom. The van der Waals surface area contributed by atoms with Crippen LogP contribution in [0.5, 0.6) is 34.5 Å². The summed E-state index contributed by atoms with van der Waals surface area (Å²) in [5.41, 5.74) is 5.82. The van der Waals surface area contributed by atoms with Crippen LogP contribution in [-0.4, -0.2) is 43.3 Å². The normalized spacial score (nSPS) is 18.1. The molecule has 0 bridgehead atoms. The van der Waals surface area contributed by atoms with Crippen LogP contribution in [0.1, 0.15) is 34.3 Å². The Morgan fingerprint density at radius 2 is 1.61 bits per heavy atom. The highest BCUT2D eigenvalue weighted by atomic mass is 16.5. The number of ether oxygens (including phenoxy) is 4. The van der Waals surface area contributed by atoms with Crippen LogP contribution in [0.4, 0.5) is 0 Å². The number of aryl methyl sites for hydroxylation is 1. The van der Waals surface area contributed by atoms with Crippen molar-refractivity contribution in [1.29, 1.82) is 0 Å². The molecule has 1 aliphatic heterocycles. The first-order valence-electron chi connectivity index (χ1n) is 10.8.